The first-order chi connectivity index (χ1) is 14.4. The zero-order chi connectivity index (χ0) is 21.5. The number of fused-ring (bicyclic) bond motifs is 1. The third-order valence-corrected chi connectivity index (χ3v) is 3.94. The molecule has 1 heterocycles. The molecular weight excluding hydrogens is 398 g/mol. The summed E-state index contributed by atoms with van der Waals surface area (Å²) < 4.78 is 15.6. The highest BCUT2D eigenvalue weighted by Gasteiger charge is 2.18. The van der Waals surface area contributed by atoms with Crippen LogP contribution < -0.4 is 20.1 Å². The normalized spacial score (nSPS) is 11.9. The Hall–Kier alpha value is -4.15. The number of hydrogen-bond acceptors (Lipinski definition) is 8. The molecule has 0 spiro atoms. The van der Waals surface area contributed by atoms with Crippen LogP contribution in [0, 0.1) is 10.1 Å². The smallest absolute Gasteiger partial charge is 0.325 e. The summed E-state index contributed by atoms with van der Waals surface area (Å²) in [6, 6.07) is 9.61. The molecule has 30 heavy (non-hydrogen) atoms. The fourth-order valence-electron chi connectivity index (χ4n) is 2.64. The molecule has 0 radical (unpaired) electrons. The Morgan fingerprint density at radius 2 is 1.80 bits per heavy atom. The van der Waals surface area contributed by atoms with Crippen LogP contribution in [-0.4, -0.2) is 42.7 Å². The molecule has 3 amide bonds. The fourth-order valence-corrected chi connectivity index (χ4v) is 2.64. The summed E-state index contributed by atoms with van der Waals surface area (Å²) in [4.78, 5) is 45.9. The Morgan fingerprint density at radius 3 is 2.57 bits per heavy atom. The average molecular weight is 415 g/mol. The van der Waals surface area contributed by atoms with Crippen molar-refractivity contribution in [3.63, 3.8) is 0 Å². The first-order valence-electron chi connectivity index (χ1n) is 8.81. The van der Waals surface area contributed by atoms with Crippen molar-refractivity contribution in [2.45, 2.75) is 6.42 Å². The Balaban J connectivity index is 1.46. The molecule has 0 fully saturated rings. The number of hydrogen-bond donors (Lipinski definition) is 2. The molecule has 1 aliphatic rings. The summed E-state index contributed by atoms with van der Waals surface area (Å²) in [5, 5.41) is 15.4. The van der Waals surface area contributed by atoms with Crippen molar-refractivity contribution in [1.29, 1.82) is 0 Å². The highest BCUT2D eigenvalue weighted by Crippen LogP contribution is 2.32. The van der Waals surface area contributed by atoms with Gasteiger partial charge in [0.1, 0.15) is 13.2 Å². The van der Waals surface area contributed by atoms with E-state index in [0.29, 0.717) is 30.4 Å². The minimum atomic E-state index is -0.860. The Kier molecular flexibility index (Phi) is 6.42. The van der Waals surface area contributed by atoms with E-state index in [1.54, 1.807) is 24.3 Å². The van der Waals surface area contributed by atoms with Crippen LogP contribution in [0.15, 0.2) is 42.5 Å². The standard InChI is InChI=1S/C19H17N3O8/c23-17(11-30-18(24)9-12-3-1-2-4-14(12)22(26)27)21-19(25)20-13-5-6-15-16(10-13)29-8-7-28-15/h1-6,10H,7-9,11H2,(H2,20,21,23,25). The van der Waals surface area contributed by atoms with Crippen molar-refractivity contribution < 1.29 is 33.5 Å². The fraction of sp³-hybridized carbons (Fsp3) is 0.211. The number of amides is 3. The summed E-state index contributed by atoms with van der Waals surface area (Å²) in [7, 11) is 0. The third-order valence-electron chi connectivity index (χ3n) is 3.94. The molecule has 2 N–H and O–H groups in total. The van der Waals surface area contributed by atoms with Gasteiger partial charge in [-0.05, 0) is 12.1 Å². The van der Waals surface area contributed by atoms with Crippen LogP contribution in [-0.2, 0) is 20.7 Å². The molecule has 0 aliphatic carbocycles. The highest BCUT2D eigenvalue weighted by atomic mass is 16.6. The van der Waals surface area contributed by atoms with Crippen molar-refractivity contribution in [2.75, 3.05) is 25.1 Å². The predicted octanol–water partition coefficient (Wildman–Crippen LogP) is 1.80. The van der Waals surface area contributed by atoms with Gasteiger partial charge in [0.25, 0.3) is 11.6 Å². The van der Waals surface area contributed by atoms with Gasteiger partial charge >= 0.3 is 12.0 Å². The van der Waals surface area contributed by atoms with E-state index in [9.17, 15) is 24.5 Å². The van der Waals surface area contributed by atoms with Gasteiger partial charge < -0.3 is 19.5 Å². The SMILES string of the molecule is O=C(COC(=O)Cc1ccccc1[N+](=O)[O-])NC(=O)Nc1ccc2c(c1)OCCO2. The van der Waals surface area contributed by atoms with Gasteiger partial charge in [0.2, 0.25) is 0 Å². The van der Waals surface area contributed by atoms with E-state index in [1.807, 2.05) is 5.32 Å². The molecule has 156 valence electrons. The van der Waals surface area contributed by atoms with E-state index in [1.165, 1.54) is 18.2 Å². The lowest BCUT2D eigenvalue weighted by Crippen LogP contribution is -2.37. The highest BCUT2D eigenvalue weighted by molar-refractivity contribution is 6.02. The van der Waals surface area contributed by atoms with Crippen molar-refractivity contribution in [3.05, 3.63) is 58.1 Å². The second kappa shape index (κ2) is 9.37. The second-order valence-corrected chi connectivity index (χ2v) is 6.08. The maximum Gasteiger partial charge on any atom is 0.325 e. The lowest BCUT2D eigenvalue weighted by Gasteiger charge is -2.19. The van der Waals surface area contributed by atoms with E-state index < -0.39 is 29.4 Å². The first kappa shape index (κ1) is 20.6. The molecule has 11 heteroatoms. The second-order valence-electron chi connectivity index (χ2n) is 6.08. The number of nitro benzene ring substituents is 1. The van der Waals surface area contributed by atoms with Crippen LogP contribution >= 0.6 is 0 Å². The van der Waals surface area contributed by atoms with Crippen LogP contribution in [0.1, 0.15) is 5.56 Å². The van der Waals surface area contributed by atoms with Crippen molar-refractivity contribution >= 4 is 29.3 Å². The number of imide groups is 1. The van der Waals surface area contributed by atoms with Crippen LogP contribution in [0.3, 0.4) is 0 Å². The van der Waals surface area contributed by atoms with Gasteiger partial charge in [0, 0.05) is 23.4 Å². The topological polar surface area (TPSA) is 146 Å². The number of rotatable bonds is 6. The number of nitro groups is 1. The third kappa shape index (κ3) is 5.44. The molecule has 0 unspecified atom stereocenters. The molecule has 0 atom stereocenters. The van der Waals surface area contributed by atoms with Crippen LogP contribution in [0.5, 0.6) is 11.5 Å². The van der Waals surface area contributed by atoms with Crippen molar-refractivity contribution in [1.82, 2.24) is 5.32 Å². The monoisotopic (exact) mass is 415 g/mol. The van der Waals surface area contributed by atoms with Gasteiger partial charge in [-0.3, -0.25) is 25.0 Å². The molecule has 0 saturated heterocycles. The van der Waals surface area contributed by atoms with Gasteiger partial charge in [0.15, 0.2) is 18.1 Å². The number of urea groups is 1. The van der Waals surface area contributed by atoms with E-state index in [0.717, 1.165) is 0 Å². The van der Waals surface area contributed by atoms with Crippen molar-refractivity contribution in [3.8, 4) is 11.5 Å². The van der Waals surface area contributed by atoms with Gasteiger partial charge in [-0.2, -0.15) is 0 Å². The Labute approximate surface area is 170 Å². The van der Waals surface area contributed by atoms with E-state index in [2.05, 4.69) is 5.32 Å². The molecule has 0 saturated carbocycles. The number of anilines is 1. The predicted molar refractivity (Wildman–Crippen MR) is 102 cm³/mol. The number of esters is 1. The number of carbonyl (C=O) groups excluding carboxylic acids is 3. The first-order valence-corrected chi connectivity index (χ1v) is 8.81. The summed E-state index contributed by atoms with van der Waals surface area (Å²) in [6.07, 6.45) is -0.381. The summed E-state index contributed by atoms with van der Waals surface area (Å²) >= 11 is 0. The minimum absolute atomic E-state index is 0.157. The van der Waals surface area contributed by atoms with E-state index >= 15 is 0 Å². The number of para-hydroxylation sites is 1. The zero-order valence-electron chi connectivity index (χ0n) is 15.6. The summed E-state index contributed by atoms with van der Waals surface area (Å²) in [6.45, 7) is 0.109. The van der Waals surface area contributed by atoms with Gasteiger partial charge in [-0.25, -0.2) is 4.79 Å². The molecule has 2 aromatic rings. The quantitative estimate of drug-likeness (QED) is 0.412. The maximum absolute atomic E-state index is 11.9. The molecule has 3 rings (SSSR count). The minimum Gasteiger partial charge on any atom is -0.486 e. The average Bonchev–Trinajstić information content (AvgIpc) is 2.72. The molecule has 1 aliphatic heterocycles. The number of nitrogens with zero attached hydrogens (tertiary/aromatic N) is 1. The Bertz CT molecular complexity index is 991. The lowest BCUT2D eigenvalue weighted by molar-refractivity contribution is -0.385. The van der Waals surface area contributed by atoms with Crippen LogP contribution in [0.2, 0.25) is 0 Å². The number of benzene rings is 2. The molecule has 2 aromatic carbocycles. The van der Waals surface area contributed by atoms with Gasteiger partial charge in [-0.1, -0.05) is 18.2 Å². The largest absolute Gasteiger partial charge is 0.486 e. The lowest BCUT2D eigenvalue weighted by atomic mass is 10.1. The number of ether oxygens (including phenoxy) is 3. The molecule has 0 aromatic heterocycles. The number of carbonyl (C=O) groups is 3. The molecular formula is C19H17N3O8. The van der Waals surface area contributed by atoms with E-state index in [-0.39, 0.29) is 17.7 Å². The van der Waals surface area contributed by atoms with Gasteiger partial charge in [-0.15, -0.1) is 0 Å². The summed E-state index contributed by atoms with van der Waals surface area (Å²) in [5.41, 5.74) is 0.305. The van der Waals surface area contributed by atoms with E-state index in [4.69, 9.17) is 14.2 Å². The van der Waals surface area contributed by atoms with Crippen molar-refractivity contribution in [2.24, 2.45) is 0 Å². The maximum atomic E-state index is 11.9. The van der Waals surface area contributed by atoms with Crippen LogP contribution in [0.4, 0.5) is 16.2 Å². The number of nitrogens with one attached hydrogen (secondary N) is 2. The summed E-state index contributed by atoms with van der Waals surface area (Å²) in [5.74, 6) is -0.684. The van der Waals surface area contributed by atoms with Gasteiger partial charge in [0.05, 0.1) is 11.3 Å². The molecule has 11 nitrogen and oxygen atoms in total. The Morgan fingerprint density at radius 1 is 1.07 bits per heavy atom. The zero-order valence-corrected chi connectivity index (χ0v) is 15.6. The van der Waals surface area contributed by atoms with Crippen LogP contribution in [0.25, 0.3) is 0 Å². The molecule has 0 bridgehead atoms.